The number of hydrogen-bond donors (Lipinski definition) is 1. The average molecular weight is 294 g/mol. The van der Waals surface area contributed by atoms with Crippen LogP contribution in [0.25, 0.3) is 0 Å². The molecule has 0 spiro atoms. The van der Waals surface area contributed by atoms with Crippen molar-refractivity contribution in [3.8, 4) is 0 Å². The summed E-state index contributed by atoms with van der Waals surface area (Å²) in [5.41, 5.74) is 1.06. The predicted molar refractivity (Wildman–Crippen MR) is 76.3 cm³/mol. The Hall–Kier alpha value is -0.0900. The standard InChI is InChI=1S/C12H17Cl2NOS/c1-9(3-4-17(2)16)15-8-10-5-11(13)7-12(14)6-10/h5-7,9,15H,3-4,8H2,1-2H3. The molecular formula is C12H17Cl2NOS. The largest absolute Gasteiger partial charge is 0.310 e. The highest BCUT2D eigenvalue weighted by Crippen LogP contribution is 2.18. The van der Waals surface area contributed by atoms with E-state index in [1.54, 1.807) is 12.3 Å². The second kappa shape index (κ2) is 7.37. The summed E-state index contributed by atoms with van der Waals surface area (Å²) in [6.45, 7) is 2.80. The van der Waals surface area contributed by atoms with Crippen molar-refractivity contribution in [1.29, 1.82) is 0 Å². The van der Waals surface area contributed by atoms with Crippen molar-refractivity contribution in [3.05, 3.63) is 33.8 Å². The van der Waals surface area contributed by atoms with Gasteiger partial charge >= 0.3 is 0 Å². The van der Waals surface area contributed by atoms with Crippen molar-refractivity contribution < 1.29 is 4.21 Å². The van der Waals surface area contributed by atoms with E-state index in [1.807, 2.05) is 12.1 Å². The van der Waals surface area contributed by atoms with Gasteiger partial charge in [0.25, 0.3) is 0 Å². The Bertz CT molecular complexity index is 378. The van der Waals surface area contributed by atoms with E-state index in [0.717, 1.165) is 24.3 Å². The minimum atomic E-state index is -0.724. The van der Waals surface area contributed by atoms with Gasteiger partial charge in [0, 0.05) is 45.4 Å². The summed E-state index contributed by atoms with van der Waals surface area (Å²) in [5, 5.41) is 4.66. The lowest BCUT2D eigenvalue weighted by Crippen LogP contribution is -2.26. The zero-order chi connectivity index (χ0) is 12.8. The Morgan fingerprint density at radius 2 is 1.88 bits per heavy atom. The summed E-state index contributed by atoms with van der Waals surface area (Å²) >= 11 is 11.8. The van der Waals surface area contributed by atoms with E-state index in [4.69, 9.17) is 23.2 Å². The van der Waals surface area contributed by atoms with E-state index >= 15 is 0 Å². The molecule has 96 valence electrons. The number of rotatable bonds is 6. The molecule has 0 saturated heterocycles. The lowest BCUT2D eigenvalue weighted by atomic mass is 10.2. The number of nitrogens with one attached hydrogen (secondary N) is 1. The molecule has 0 radical (unpaired) electrons. The van der Waals surface area contributed by atoms with Gasteiger partial charge in [-0.1, -0.05) is 23.2 Å². The first-order chi connectivity index (χ1) is 7.97. The maximum atomic E-state index is 11.0. The smallest absolute Gasteiger partial charge is 0.0424 e. The molecule has 1 aromatic carbocycles. The summed E-state index contributed by atoms with van der Waals surface area (Å²) < 4.78 is 11.0. The Morgan fingerprint density at radius 3 is 2.41 bits per heavy atom. The third-order valence-corrected chi connectivity index (χ3v) is 3.66. The molecule has 0 heterocycles. The zero-order valence-electron chi connectivity index (χ0n) is 10.0. The second-order valence-electron chi connectivity index (χ2n) is 4.13. The predicted octanol–water partition coefficient (Wildman–Crippen LogP) is 3.24. The van der Waals surface area contributed by atoms with Gasteiger partial charge in [-0.2, -0.15) is 0 Å². The molecule has 2 unspecified atom stereocenters. The van der Waals surface area contributed by atoms with Crippen LogP contribution in [0.15, 0.2) is 18.2 Å². The van der Waals surface area contributed by atoms with Crippen LogP contribution in [0.3, 0.4) is 0 Å². The van der Waals surface area contributed by atoms with Crippen LogP contribution in [0.1, 0.15) is 18.9 Å². The molecule has 0 saturated carbocycles. The highest BCUT2D eigenvalue weighted by atomic mass is 35.5. The quantitative estimate of drug-likeness (QED) is 0.872. The minimum absolute atomic E-state index is 0.330. The van der Waals surface area contributed by atoms with Gasteiger partial charge in [0.05, 0.1) is 0 Å². The Morgan fingerprint density at radius 1 is 1.29 bits per heavy atom. The fourth-order valence-electron chi connectivity index (χ4n) is 1.45. The second-order valence-corrected chi connectivity index (χ2v) is 6.55. The number of hydrogen-bond acceptors (Lipinski definition) is 2. The van der Waals surface area contributed by atoms with Gasteiger partial charge in [-0.3, -0.25) is 4.21 Å². The first-order valence-corrected chi connectivity index (χ1v) is 7.94. The maximum absolute atomic E-state index is 11.0. The van der Waals surface area contributed by atoms with Gasteiger partial charge in [0.2, 0.25) is 0 Å². The molecule has 17 heavy (non-hydrogen) atoms. The van der Waals surface area contributed by atoms with Crippen molar-refractivity contribution in [2.24, 2.45) is 0 Å². The summed E-state index contributed by atoms with van der Waals surface area (Å²) in [7, 11) is -0.724. The molecule has 0 aliphatic carbocycles. The first-order valence-electron chi connectivity index (χ1n) is 5.45. The maximum Gasteiger partial charge on any atom is 0.0424 e. The summed E-state index contributed by atoms with van der Waals surface area (Å²) in [5.74, 6) is 0.727. The van der Waals surface area contributed by atoms with Crippen LogP contribution >= 0.6 is 23.2 Å². The van der Waals surface area contributed by atoms with Gasteiger partial charge in [-0.15, -0.1) is 0 Å². The monoisotopic (exact) mass is 293 g/mol. The van der Waals surface area contributed by atoms with E-state index in [9.17, 15) is 4.21 Å². The van der Waals surface area contributed by atoms with E-state index in [2.05, 4.69) is 12.2 Å². The summed E-state index contributed by atoms with van der Waals surface area (Å²) in [6, 6.07) is 5.84. The van der Waals surface area contributed by atoms with E-state index < -0.39 is 10.8 Å². The van der Waals surface area contributed by atoms with Crippen molar-refractivity contribution in [2.75, 3.05) is 12.0 Å². The molecule has 0 fully saturated rings. The molecule has 2 atom stereocenters. The topological polar surface area (TPSA) is 29.1 Å². The number of halogens is 2. The summed E-state index contributed by atoms with van der Waals surface area (Å²) in [6.07, 6.45) is 2.63. The van der Waals surface area contributed by atoms with Gasteiger partial charge in [-0.05, 0) is 37.1 Å². The van der Waals surface area contributed by atoms with Gasteiger partial charge in [0.1, 0.15) is 0 Å². The van der Waals surface area contributed by atoms with Crippen molar-refractivity contribution in [1.82, 2.24) is 5.32 Å². The van der Waals surface area contributed by atoms with Crippen LogP contribution in [-0.2, 0) is 17.3 Å². The lowest BCUT2D eigenvalue weighted by molar-refractivity contribution is 0.535. The molecule has 1 rings (SSSR count). The van der Waals surface area contributed by atoms with Crippen LogP contribution < -0.4 is 5.32 Å². The third kappa shape index (κ3) is 6.41. The van der Waals surface area contributed by atoms with E-state index in [0.29, 0.717) is 16.1 Å². The van der Waals surface area contributed by atoms with Gasteiger partial charge < -0.3 is 5.32 Å². The molecule has 0 aromatic heterocycles. The SMILES string of the molecule is CC(CCS(C)=O)NCc1cc(Cl)cc(Cl)c1. The average Bonchev–Trinajstić information content (AvgIpc) is 2.22. The minimum Gasteiger partial charge on any atom is -0.310 e. The van der Waals surface area contributed by atoms with Crippen molar-refractivity contribution in [3.63, 3.8) is 0 Å². The highest BCUT2D eigenvalue weighted by Gasteiger charge is 2.04. The van der Waals surface area contributed by atoms with Gasteiger partial charge in [0.15, 0.2) is 0 Å². The van der Waals surface area contributed by atoms with Crippen LogP contribution in [-0.4, -0.2) is 22.3 Å². The molecule has 1 aromatic rings. The fourth-order valence-corrected chi connectivity index (χ4v) is 2.71. The molecule has 2 nitrogen and oxygen atoms in total. The van der Waals surface area contributed by atoms with E-state index in [-0.39, 0.29) is 0 Å². The third-order valence-electron chi connectivity index (χ3n) is 2.42. The number of benzene rings is 1. The fraction of sp³-hybridized carbons (Fsp3) is 0.500. The molecule has 0 aliphatic rings. The highest BCUT2D eigenvalue weighted by molar-refractivity contribution is 7.84. The molecule has 1 N–H and O–H groups in total. The molecule has 0 aliphatic heterocycles. The van der Waals surface area contributed by atoms with Crippen molar-refractivity contribution in [2.45, 2.75) is 25.9 Å². The first kappa shape index (κ1) is 15.0. The van der Waals surface area contributed by atoms with Gasteiger partial charge in [-0.25, -0.2) is 0 Å². The Kier molecular flexibility index (Phi) is 6.49. The zero-order valence-corrected chi connectivity index (χ0v) is 12.3. The molecule has 5 heteroatoms. The Labute approximate surface area is 115 Å². The molecule has 0 bridgehead atoms. The van der Waals surface area contributed by atoms with Crippen LogP contribution in [0.2, 0.25) is 10.0 Å². The Balaban J connectivity index is 2.41. The van der Waals surface area contributed by atoms with Crippen LogP contribution in [0, 0.1) is 0 Å². The van der Waals surface area contributed by atoms with E-state index in [1.165, 1.54) is 0 Å². The normalized spacial score (nSPS) is 14.6. The molecule has 0 amide bonds. The van der Waals surface area contributed by atoms with Crippen LogP contribution in [0.5, 0.6) is 0 Å². The van der Waals surface area contributed by atoms with Crippen LogP contribution in [0.4, 0.5) is 0 Å². The van der Waals surface area contributed by atoms with Crippen molar-refractivity contribution >= 4 is 34.0 Å². The summed E-state index contributed by atoms with van der Waals surface area (Å²) in [4.78, 5) is 0. The molecular weight excluding hydrogens is 277 g/mol. The lowest BCUT2D eigenvalue weighted by Gasteiger charge is -2.13.